The summed E-state index contributed by atoms with van der Waals surface area (Å²) in [4.78, 5) is 14.2. The second kappa shape index (κ2) is 7.98. The van der Waals surface area contributed by atoms with Gasteiger partial charge in [-0.15, -0.1) is 0 Å². The van der Waals surface area contributed by atoms with E-state index in [1.54, 1.807) is 13.2 Å². The number of halogens is 1. The second-order valence-corrected chi connectivity index (χ2v) is 5.66. The molecule has 1 heterocycles. The molecular weight excluding hydrogens is 285 g/mol. The molecule has 5 nitrogen and oxygen atoms in total. The van der Waals surface area contributed by atoms with Gasteiger partial charge in [0.1, 0.15) is 5.82 Å². The molecule has 122 valence electrons. The summed E-state index contributed by atoms with van der Waals surface area (Å²) < 4.78 is 18.5. The monoisotopic (exact) mass is 309 g/mol. The zero-order valence-corrected chi connectivity index (χ0v) is 13.2. The molecule has 1 aromatic carbocycles. The van der Waals surface area contributed by atoms with Crippen molar-refractivity contribution in [1.29, 1.82) is 0 Å². The Hall–Kier alpha value is -1.82. The highest BCUT2D eigenvalue weighted by Gasteiger charge is 2.17. The predicted molar refractivity (Wildman–Crippen MR) is 86.0 cm³/mol. The third-order valence-corrected chi connectivity index (χ3v) is 3.70. The number of rotatable bonds is 5. The number of carbonyl (C=O) groups is 1. The number of nitrogens with zero attached hydrogens (tertiary/aromatic N) is 1. The fourth-order valence-corrected chi connectivity index (χ4v) is 2.69. The first-order valence-electron chi connectivity index (χ1n) is 7.71. The molecule has 2 rings (SSSR count). The van der Waals surface area contributed by atoms with Crippen molar-refractivity contribution in [2.75, 3.05) is 37.0 Å². The lowest BCUT2D eigenvalue weighted by atomic mass is 10.1. The van der Waals surface area contributed by atoms with E-state index in [9.17, 15) is 9.18 Å². The number of piperidine rings is 1. The van der Waals surface area contributed by atoms with E-state index in [0.29, 0.717) is 12.3 Å². The van der Waals surface area contributed by atoms with Gasteiger partial charge in [0.2, 0.25) is 0 Å². The molecule has 1 saturated heterocycles. The summed E-state index contributed by atoms with van der Waals surface area (Å²) in [7, 11) is 1.58. The Bertz CT molecular complexity index is 504. The first-order valence-corrected chi connectivity index (χ1v) is 7.71. The SMILES string of the molecule is COCC(C)NC(=O)Nc1cc(F)ccc1N1CCCCC1. The number of hydrogen-bond acceptors (Lipinski definition) is 3. The minimum Gasteiger partial charge on any atom is -0.383 e. The van der Waals surface area contributed by atoms with Crippen LogP contribution in [-0.4, -0.2) is 38.9 Å². The fourth-order valence-electron chi connectivity index (χ4n) is 2.69. The molecule has 1 aliphatic heterocycles. The summed E-state index contributed by atoms with van der Waals surface area (Å²) >= 11 is 0. The number of nitrogens with one attached hydrogen (secondary N) is 2. The van der Waals surface area contributed by atoms with E-state index in [4.69, 9.17) is 4.74 Å². The van der Waals surface area contributed by atoms with Gasteiger partial charge in [-0.3, -0.25) is 0 Å². The molecule has 0 spiro atoms. The van der Waals surface area contributed by atoms with Crippen LogP contribution in [0.1, 0.15) is 26.2 Å². The average molecular weight is 309 g/mol. The highest BCUT2D eigenvalue weighted by molar-refractivity contribution is 5.93. The number of carbonyl (C=O) groups excluding carboxylic acids is 1. The number of urea groups is 1. The molecule has 0 radical (unpaired) electrons. The minimum atomic E-state index is -0.360. The van der Waals surface area contributed by atoms with Crippen molar-refractivity contribution in [2.45, 2.75) is 32.2 Å². The normalized spacial score (nSPS) is 16.2. The summed E-state index contributed by atoms with van der Waals surface area (Å²) in [5, 5.41) is 5.51. The third-order valence-electron chi connectivity index (χ3n) is 3.70. The van der Waals surface area contributed by atoms with Gasteiger partial charge in [-0.2, -0.15) is 0 Å². The molecule has 1 fully saturated rings. The van der Waals surface area contributed by atoms with Crippen molar-refractivity contribution in [3.8, 4) is 0 Å². The van der Waals surface area contributed by atoms with Crippen LogP contribution in [0, 0.1) is 5.82 Å². The second-order valence-electron chi connectivity index (χ2n) is 5.66. The molecule has 1 aliphatic rings. The van der Waals surface area contributed by atoms with Gasteiger partial charge < -0.3 is 20.3 Å². The summed E-state index contributed by atoms with van der Waals surface area (Å²) in [5.74, 6) is -0.360. The van der Waals surface area contributed by atoms with Crippen LogP contribution in [0.25, 0.3) is 0 Å². The molecule has 2 N–H and O–H groups in total. The highest BCUT2D eigenvalue weighted by Crippen LogP contribution is 2.29. The molecule has 22 heavy (non-hydrogen) atoms. The van der Waals surface area contributed by atoms with Gasteiger partial charge in [0, 0.05) is 20.2 Å². The zero-order valence-electron chi connectivity index (χ0n) is 13.2. The maximum atomic E-state index is 13.5. The topological polar surface area (TPSA) is 53.6 Å². The standard InChI is InChI=1S/C16H24FN3O2/c1-12(11-22-2)18-16(21)19-14-10-13(17)6-7-15(14)20-8-4-3-5-9-20/h6-7,10,12H,3-5,8-9,11H2,1-2H3,(H2,18,19,21). The van der Waals surface area contributed by atoms with Crippen molar-refractivity contribution < 1.29 is 13.9 Å². The van der Waals surface area contributed by atoms with Crippen molar-refractivity contribution in [1.82, 2.24) is 5.32 Å². The van der Waals surface area contributed by atoms with Crippen LogP contribution in [0.15, 0.2) is 18.2 Å². The van der Waals surface area contributed by atoms with Crippen molar-refractivity contribution >= 4 is 17.4 Å². The van der Waals surface area contributed by atoms with E-state index in [1.165, 1.54) is 18.6 Å². The number of hydrogen-bond donors (Lipinski definition) is 2. The molecular formula is C16H24FN3O2. The molecule has 0 saturated carbocycles. The molecule has 2 amide bonds. The summed E-state index contributed by atoms with van der Waals surface area (Å²) in [5.41, 5.74) is 1.37. The van der Waals surface area contributed by atoms with Gasteiger partial charge in [0.15, 0.2) is 0 Å². The molecule has 0 aliphatic carbocycles. The van der Waals surface area contributed by atoms with Crippen molar-refractivity contribution in [2.24, 2.45) is 0 Å². The van der Waals surface area contributed by atoms with E-state index in [1.807, 2.05) is 6.92 Å². The van der Waals surface area contributed by atoms with E-state index in [0.717, 1.165) is 31.6 Å². The van der Waals surface area contributed by atoms with Gasteiger partial charge >= 0.3 is 6.03 Å². The Morgan fingerprint density at radius 2 is 2.09 bits per heavy atom. The number of benzene rings is 1. The fraction of sp³-hybridized carbons (Fsp3) is 0.562. The Morgan fingerprint density at radius 3 is 2.77 bits per heavy atom. The number of methoxy groups -OCH3 is 1. The zero-order chi connectivity index (χ0) is 15.9. The molecule has 6 heteroatoms. The molecule has 1 atom stereocenters. The third kappa shape index (κ3) is 4.59. The Kier molecular flexibility index (Phi) is 6.00. The lowest BCUT2D eigenvalue weighted by molar-refractivity contribution is 0.173. The first-order chi connectivity index (χ1) is 10.6. The van der Waals surface area contributed by atoms with Crippen LogP contribution < -0.4 is 15.5 Å². The first kappa shape index (κ1) is 16.5. The maximum absolute atomic E-state index is 13.5. The van der Waals surface area contributed by atoms with Crippen LogP contribution in [0.3, 0.4) is 0 Å². The lowest BCUT2D eigenvalue weighted by Crippen LogP contribution is -2.39. The van der Waals surface area contributed by atoms with Crippen LogP contribution >= 0.6 is 0 Å². The van der Waals surface area contributed by atoms with Crippen LogP contribution in [0.4, 0.5) is 20.6 Å². The minimum absolute atomic E-state index is 0.114. The Balaban J connectivity index is 2.08. The average Bonchev–Trinajstić information content (AvgIpc) is 2.48. The maximum Gasteiger partial charge on any atom is 0.319 e. The van der Waals surface area contributed by atoms with E-state index in [-0.39, 0.29) is 17.9 Å². The smallest absolute Gasteiger partial charge is 0.319 e. The summed E-state index contributed by atoms with van der Waals surface area (Å²) in [6, 6.07) is 4.06. The number of anilines is 2. The van der Waals surface area contributed by atoms with Crippen LogP contribution in [0.5, 0.6) is 0 Å². The Labute approximate surface area is 130 Å². The van der Waals surface area contributed by atoms with Gasteiger partial charge in [-0.1, -0.05) is 0 Å². The van der Waals surface area contributed by atoms with Gasteiger partial charge in [-0.05, 0) is 44.4 Å². The number of amides is 2. The largest absolute Gasteiger partial charge is 0.383 e. The predicted octanol–water partition coefficient (Wildman–Crippen LogP) is 2.97. The molecule has 1 unspecified atom stereocenters. The highest BCUT2D eigenvalue weighted by atomic mass is 19.1. The van der Waals surface area contributed by atoms with Crippen LogP contribution in [0.2, 0.25) is 0 Å². The quantitative estimate of drug-likeness (QED) is 0.879. The summed E-state index contributed by atoms with van der Waals surface area (Å²) in [6.07, 6.45) is 3.46. The van der Waals surface area contributed by atoms with Crippen molar-refractivity contribution in [3.63, 3.8) is 0 Å². The Morgan fingerprint density at radius 1 is 1.36 bits per heavy atom. The van der Waals surface area contributed by atoms with Gasteiger partial charge in [0.25, 0.3) is 0 Å². The van der Waals surface area contributed by atoms with Crippen molar-refractivity contribution in [3.05, 3.63) is 24.0 Å². The molecule has 1 aromatic rings. The molecule has 0 aromatic heterocycles. The van der Waals surface area contributed by atoms with Gasteiger partial charge in [0.05, 0.1) is 24.0 Å². The van der Waals surface area contributed by atoms with E-state index in [2.05, 4.69) is 15.5 Å². The van der Waals surface area contributed by atoms with E-state index < -0.39 is 0 Å². The van der Waals surface area contributed by atoms with Crippen LogP contribution in [-0.2, 0) is 4.74 Å². The lowest BCUT2D eigenvalue weighted by Gasteiger charge is -2.30. The van der Waals surface area contributed by atoms with E-state index >= 15 is 0 Å². The molecule has 0 bridgehead atoms. The summed E-state index contributed by atoms with van der Waals surface area (Å²) in [6.45, 7) is 4.14. The van der Waals surface area contributed by atoms with Gasteiger partial charge in [-0.25, -0.2) is 9.18 Å². The number of ether oxygens (including phenoxy) is 1.